The van der Waals surface area contributed by atoms with Crippen LogP contribution in [0.25, 0.3) is 0 Å². The summed E-state index contributed by atoms with van der Waals surface area (Å²) in [7, 11) is 1.38. The Balaban J connectivity index is 3.13. The maximum atomic E-state index is 11.3. The Labute approximate surface area is 90.0 Å². The third-order valence-electron chi connectivity index (χ3n) is 2.17. The van der Waals surface area contributed by atoms with Gasteiger partial charge in [0.2, 0.25) is 0 Å². The largest absolute Gasteiger partial charge is 0.493 e. The SMILES string of the molecule is CCOc1c(C)cc(C(=O)OC)cc1C. The number of methoxy groups -OCH3 is 1. The van der Waals surface area contributed by atoms with Gasteiger partial charge in [-0.25, -0.2) is 4.79 Å². The average molecular weight is 208 g/mol. The zero-order valence-electron chi connectivity index (χ0n) is 9.59. The Bertz CT molecular complexity index is 346. The lowest BCUT2D eigenvalue weighted by molar-refractivity contribution is 0.0600. The summed E-state index contributed by atoms with van der Waals surface area (Å²) in [4.78, 5) is 11.3. The molecule has 0 bridgehead atoms. The van der Waals surface area contributed by atoms with E-state index in [2.05, 4.69) is 4.74 Å². The van der Waals surface area contributed by atoms with E-state index < -0.39 is 0 Å². The van der Waals surface area contributed by atoms with Crippen LogP contribution < -0.4 is 4.74 Å². The van der Waals surface area contributed by atoms with Gasteiger partial charge in [0.1, 0.15) is 5.75 Å². The number of carbonyl (C=O) groups excluding carboxylic acids is 1. The van der Waals surface area contributed by atoms with Gasteiger partial charge in [-0.15, -0.1) is 0 Å². The maximum absolute atomic E-state index is 11.3. The van der Waals surface area contributed by atoms with Crippen molar-refractivity contribution in [2.45, 2.75) is 20.8 Å². The molecule has 0 fully saturated rings. The molecule has 15 heavy (non-hydrogen) atoms. The number of benzene rings is 1. The smallest absolute Gasteiger partial charge is 0.337 e. The molecule has 0 spiro atoms. The Morgan fingerprint density at radius 2 is 1.80 bits per heavy atom. The minimum Gasteiger partial charge on any atom is -0.493 e. The summed E-state index contributed by atoms with van der Waals surface area (Å²) in [5.74, 6) is 0.536. The van der Waals surface area contributed by atoms with Crippen molar-refractivity contribution in [1.82, 2.24) is 0 Å². The maximum Gasteiger partial charge on any atom is 0.337 e. The van der Waals surface area contributed by atoms with Crippen LogP contribution in [0.15, 0.2) is 12.1 Å². The molecule has 3 nitrogen and oxygen atoms in total. The molecule has 0 unspecified atom stereocenters. The summed E-state index contributed by atoms with van der Waals surface area (Å²) in [6, 6.07) is 3.56. The van der Waals surface area contributed by atoms with Crippen molar-refractivity contribution in [2.24, 2.45) is 0 Å². The number of hydrogen-bond donors (Lipinski definition) is 0. The molecule has 1 rings (SSSR count). The third-order valence-corrected chi connectivity index (χ3v) is 2.17. The third kappa shape index (κ3) is 2.49. The summed E-state index contributed by atoms with van der Waals surface area (Å²) >= 11 is 0. The molecule has 0 aliphatic heterocycles. The molecule has 0 aliphatic rings. The highest BCUT2D eigenvalue weighted by Crippen LogP contribution is 2.24. The van der Waals surface area contributed by atoms with Crippen LogP contribution in [0.3, 0.4) is 0 Å². The Hall–Kier alpha value is -1.51. The lowest BCUT2D eigenvalue weighted by Crippen LogP contribution is -2.04. The fourth-order valence-electron chi connectivity index (χ4n) is 1.56. The molecule has 0 aromatic heterocycles. The van der Waals surface area contributed by atoms with Gasteiger partial charge >= 0.3 is 5.97 Å². The summed E-state index contributed by atoms with van der Waals surface area (Å²) in [6.07, 6.45) is 0. The van der Waals surface area contributed by atoms with E-state index in [1.165, 1.54) is 7.11 Å². The van der Waals surface area contributed by atoms with E-state index in [4.69, 9.17) is 4.74 Å². The number of ether oxygens (including phenoxy) is 2. The van der Waals surface area contributed by atoms with E-state index in [0.29, 0.717) is 12.2 Å². The fraction of sp³-hybridized carbons (Fsp3) is 0.417. The van der Waals surface area contributed by atoms with Crippen LogP contribution in [0.2, 0.25) is 0 Å². The van der Waals surface area contributed by atoms with Crippen LogP contribution in [0, 0.1) is 13.8 Å². The van der Waals surface area contributed by atoms with E-state index in [9.17, 15) is 4.79 Å². The van der Waals surface area contributed by atoms with Gasteiger partial charge in [-0.2, -0.15) is 0 Å². The van der Waals surface area contributed by atoms with Crippen LogP contribution >= 0.6 is 0 Å². The van der Waals surface area contributed by atoms with Crippen molar-refractivity contribution in [1.29, 1.82) is 0 Å². The first-order valence-electron chi connectivity index (χ1n) is 4.92. The molecule has 0 saturated heterocycles. The first-order valence-corrected chi connectivity index (χ1v) is 4.92. The molecule has 3 heteroatoms. The summed E-state index contributed by atoms with van der Waals surface area (Å²) in [6.45, 7) is 6.40. The molecule has 0 radical (unpaired) electrons. The highest BCUT2D eigenvalue weighted by Gasteiger charge is 2.11. The minimum absolute atomic E-state index is 0.316. The predicted molar refractivity (Wildman–Crippen MR) is 58.4 cm³/mol. The second kappa shape index (κ2) is 4.82. The predicted octanol–water partition coefficient (Wildman–Crippen LogP) is 2.49. The van der Waals surface area contributed by atoms with Crippen molar-refractivity contribution in [3.8, 4) is 5.75 Å². The van der Waals surface area contributed by atoms with E-state index >= 15 is 0 Å². The zero-order valence-corrected chi connectivity index (χ0v) is 9.59. The molecule has 82 valence electrons. The van der Waals surface area contributed by atoms with Crippen molar-refractivity contribution < 1.29 is 14.3 Å². The van der Waals surface area contributed by atoms with Gasteiger partial charge in [0, 0.05) is 0 Å². The topological polar surface area (TPSA) is 35.5 Å². The van der Waals surface area contributed by atoms with Gasteiger partial charge < -0.3 is 9.47 Å². The van der Waals surface area contributed by atoms with E-state index in [1.807, 2.05) is 20.8 Å². The number of rotatable bonds is 3. The molecule has 0 aliphatic carbocycles. The van der Waals surface area contributed by atoms with Crippen LogP contribution in [0.5, 0.6) is 5.75 Å². The van der Waals surface area contributed by atoms with Gasteiger partial charge in [0.05, 0.1) is 19.3 Å². The summed E-state index contributed by atoms with van der Waals surface area (Å²) in [5, 5.41) is 0. The standard InChI is InChI=1S/C12H16O3/c1-5-15-11-8(2)6-10(7-9(11)3)12(13)14-4/h6-7H,5H2,1-4H3. The van der Waals surface area contributed by atoms with Gasteiger partial charge in [-0.3, -0.25) is 0 Å². The quantitative estimate of drug-likeness (QED) is 0.716. The van der Waals surface area contributed by atoms with Crippen LogP contribution in [0.4, 0.5) is 0 Å². The highest BCUT2D eigenvalue weighted by atomic mass is 16.5. The first kappa shape index (κ1) is 11.6. The molecular weight excluding hydrogens is 192 g/mol. The van der Waals surface area contributed by atoms with Crippen molar-refractivity contribution in [2.75, 3.05) is 13.7 Å². The number of carbonyl (C=O) groups is 1. The second-order valence-electron chi connectivity index (χ2n) is 3.36. The second-order valence-corrected chi connectivity index (χ2v) is 3.36. The zero-order chi connectivity index (χ0) is 11.4. The van der Waals surface area contributed by atoms with Crippen LogP contribution in [-0.4, -0.2) is 19.7 Å². The number of aryl methyl sites for hydroxylation is 2. The Morgan fingerprint density at radius 1 is 1.27 bits per heavy atom. The molecule has 0 atom stereocenters. The lowest BCUT2D eigenvalue weighted by Gasteiger charge is -2.11. The van der Waals surface area contributed by atoms with E-state index in [-0.39, 0.29) is 5.97 Å². The molecule has 0 saturated carbocycles. The van der Waals surface area contributed by atoms with Crippen molar-refractivity contribution in [3.05, 3.63) is 28.8 Å². The fourth-order valence-corrected chi connectivity index (χ4v) is 1.56. The molecule has 1 aromatic rings. The van der Waals surface area contributed by atoms with Gasteiger partial charge in [-0.1, -0.05) is 0 Å². The number of esters is 1. The molecule has 0 amide bonds. The molecule has 0 heterocycles. The van der Waals surface area contributed by atoms with E-state index in [1.54, 1.807) is 12.1 Å². The molecule has 0 N–H and O–H groups in total. The first-order chi connectivity index (χ1) is 7.10. The Morgan fingerprint density at radius 3 is 2.20 bits per heavy atom. The Kier molecular flexibility index (Phi) is 3.72. The van der Waals surface area contributed by atoms with Crippen molar-refractivity contribution in [3.63, 3.8) is 0 Å². The van der Waals surface area contributed by atoms with Crippen LogP contribution in [0.1, 0.15) is 28.4 Å². The molecular formula is C12H16O3. The minimum atomic E-state index is -0.316. The average Bonchev–Trinajstić information content (AvgIpc) is 2.22. The normalized spacial score (nSPS) is 9.87. The van der Waals surface area contributed by atoms with Gasteiger partial charge in [0.15, 0.2) is 0 Å². The van der Waals surface area contributed by atoms with Crippen LogP contribution in [-0.2, 0) is 4.74 Å². The van der Waals surface area contributed by atoms with Gasteiger partial charge in [-0.05, 0) is 44.0 Å². The number of hydrogen-bond acceptors (Lipinski definition) is 3. The van der Waals surface area contributed by atoms with Crippen molar-refractivity contribution >= 4 is 5.97 Å². The van der Waals surface area contributed by atoms with Gasteiger partial charge in [0.25, 0.3) is 0 Å². The summed E-state index contributed by atoms with van der Waals surface area (Å²) in [5.41, 5.74) is 2.48. The van der Waals surface area contributed by atoms with E-state index in [0.717, 1.165) is 16.9 Å². The summed E-state index contributed by atoms with van der Waals surface area (Å²) < 4.78 is 10.2. The highest BCUT2D eigenvalue weighted by molar-refractivity contribution is 5.90. The molecule has 1 aromatic carbocycles. The monoisotopic (exact) mass is 208 g/mol. The lowest BCUT2D eigenvalue weighted by atomic mass is 10.1.